The molecule has 3 aromatic heterocycles. The molecule has 96 valence electrons. The fourth-order valence-electron chi connectivity index (χ4n) is 1.95. The molecular weight excluding hydrogens is 246 g/mol. The highest BCUT2D eigenvalue weighted by Gasteiger charge is 2.14. The van der Waals surface area contributed by atoms with Crippen molar-refractivity contribution in [2.24, 2.45) is 14.1 Å². The zero-order valence-electron chi connectivity index (χ0n) is 10.4. The number of aromatic nitrogens is 5. The van der Waals surface area contributed by atoms with E-state index in [1.807, 2.05) is 6.07 Å². The number of nitrogens with zero attached hydrogens (tertiary/aromatic N) is 4. The second-order valence-corrected chi connectivity index (χ2v) is 4.20. The predicted octanol–water partition coefficient (Wildman–Crippen LogP) is 0.0223. The van der Waals surface area contributed by atoms with Gasteiger partial charge in [0.15, 0.2) is 11.5 Å². The van der Waals surface area contributed by atoms with E-state index in [-0.39, 0.29) is 0 Å². The quantitative estimate of drug-likeness (QED) is 0.666. The van der Waals surface area contributed by atoms with Crippen LogP contribution in [-0.2, 0) is 14.1 Å². The molecule has 0 saturated heterocycles. The third-order valence-electron chi connectivity index (χ3n) is 3.00. The molecule has 0 unspecified atom stereocenters. The van der Waals surface area contributed by atoms with E-state index in [4.69, 9.17) is 0 Å². The number of H-pyrrole nitrogens is 1. The van der Waals surface area contributed by atoms with E-state index >= 15 is 0 Å². The second kappa shape index (κ2) is 3.91. The van der Waals surface area contributed by atoms with Gasteiger partial charge in [-0.15, -0.1) is 0 Å². The largest absolute Gasteiger partial charge is 0.332 e. The third kappa shape index (κ3) is 1.59. The Kier molecular flexibility index (Phi) is 2.34. The van der Waals surface area contributed by atoms with Gasteiger partial charge < -0.3 is 4.98 Å². The first-order chi connectivity index (χ1) is 9.09. The molecule has 0 bridgehead atoms. The lowest BCUT2D eigenvalue weighted by Gasteiger charge is -2.00. The molecule has 0 aliphatic heterocycles. The Morgan fingerprint density at radius 3 is 2.63 bits per heavy atom. The molecule has 3 aromatic rings. The Bertz CT molecular complexity index is 873. The van der Waals surface area contributed by atoms with Gasteiger partial charge in [0.2, 0.25) is 0 Å². The number of aryl methyl sites for hydroxylation is 1. The van der Waals surface area contributed by atoms with Crippen LogP contribution in [0, 0.1) is 0 Å². The van der Waals surface area contributed by atoms with Crippen molar-refractivity contribution in [3.63, 3.8) is 0 Å². The zero-order valence-corrected chi connectivity index (χ0v) is 10.4. The number of hydrogen-bond donors (Lipinski definition) is 1. The number of rotatable bonds is 1. The van der Waals surface area contributed by atoms with Crippen molar-refractivity contribution in [3.8, 4) is 11.5 Å². The highest BCUT2D eigenvalue weighted by atomic mass is 16.2. The van der Waals surface area contributed by atoms with Crippen molar-refractivity contribution in [2.75, 3.05) is 0 Å². The Labute approximate surface area is 107 Å². The summed E-state index contributed by atoms with van der Waals surface area (Å²) in [6.07, 6.45) is 1.64. The van der Waals surface area contributed by atoms with Crippen LogP contribution < -0.4 is 11.2 Å². The van der Waals surface area contributed by atoms with Crippen molar-refractivity contribution in [3.05, 3.63) is 45.2 Å². The monoisotopic (exact) mass is 257 g/mol. The molecule has 7 nitrogen and oxygen atoms in total. The number of hydrogen-bond acceptors (Lipinski definition) is 4. The van der Waals surface area contributed by atoms with Crippen molar-refractivity contribution >= 4 is 11.2 Å². The van der Waals surface area contributed by atoms with Crippen molar-refractivity contribution in [1.29, 1.82) is 0 Å². The summed E-state index contributed by atoms with van der Waals surface area (Å²) in [5.74, 6) is 0.467. The Hall–Kier alpha value is -2.70. The smallest absolute Gasteiger partial charge is 0.331 e. The van der Waals surface area contributed by atoms with Gasteiger partial charge in [0.1, 0.15) is 11.2 Å². The van der Waals surface area contributed by atoms with Crippen LogP contribution in [-0.4, -0.2) is 24.1 Å². The summed E-state index contributed by atoms with van der Waals surface area (Å²) < 4.78 is 2.38. The molecule has 0 radical (unpaired) electrons. The zero-order chi connectivity index (χ0) is 13.6. The summed E-state index contributed by atoms with van der Waals surface area (Å²) in [6, 6.07) is 5.40. The minimum absolute atomic E-state index is 0.297. The van der Waals surface area contributed by atoms with E-state index < -0.39 is 11.2 Å². The molecule has 0 aliphatic carbocycles. The van der Waals surface area contributed by atoms with Gasteiger partial charge in [0, 0.05) is 20.3 Å². The molecule has 0 saturated carbocycles. The highest BCUT2D eigenvalue weighted by Crippen LogP contribution is 2.14. The van der Waals surface area contributed by atoms with E-state index in [1.165, 1.54) is 11.6 Å². The van der Waals surface area contributed by atoms with Crippen molar-refractivity contribution in [2.45, 2.75) is 0 Å². The van der Waals surface area contributed by atoms with Crippen molar-refractivity contribution in [1.82, 2.24) is 24.1 Å². The summed E-state index contributed by atoms with van der Waals surface area (Å²) in [7, 11) is 3.01. The van der Waals surface area contributed by atoms with Crippen LogP contribution in [0.2, 0.25) is 0 Å². The van der Waals surface area contributed by atoms with Gasteiger partial charge >= 0.3 is 5.69 Å². The molecular formula is C12H11N5O2. The number of aromatic amines is 1. The second-order valence-electron chi connectivity index (χ2n) is 4.20. The predicted molar refractivity (Wildman–Crippen MR) is 69.8 cm³/mol. The molecule has 0 amide bonds. The average molecular weight is 257 g/mol. The van der Waals surface area contributed by atoms with Crippen LogP contribution in [0.15, 0.2) is 34.0 Å². The summed E-state index contributed by atoms with van der Waals surface area (Å²) in [6.45, 7) is 0. The molecule has 3 heterocycles. The first-order valence-corrected chi connectivity index (χ1v) is 5.66. The van der Waals surface area contributed by atoms with Gasteiger partial charge in [-0.25, -0.2) is 9.78 Å². The lowest BCUT2D eigenvalue weighted by Crippen LogP contribution is -2.36. The number of fused-ring (bicyclic) bond motifs is 1. The van der Waals surface area contributed by atoms with Crippen molar-refractivity contribution < 1.29 is 0 Å². The lowest BCUT2D eigenvalue weighted by molar-refractivity contribution is 0.709. The Morgan fingerprint density at radius 2 is 1.95 bits per heavy atom. The van der Waals surface area contributed by atoms with E-state index in [0.717, 1.165) is 4.57 Å². The highest BCUT2D eigenvalue weighted by molar-refractivity contribution is 5.74. The molecule has 0 fully saturated rings. The average Bonchev–Trinajstić information content (AvgIpc) is 2.89. The van der Waals surface area contributed by atoms with E-state index in [1.54, 1.807) is 25.4 Å². The maximum atomic E-state index is 12.0. The maximum absolute atomic E-state index is 12.0. The topological polar surface area (TPSA) is 85.6 Å². The summed E-state index contributed by atoms with van der Waals surface area (Å²) in [5, 5.41) is 0. The Balaban J connectivity index is 2.40. The normalized spacial score (nSPS) is 11.1. The molecule has 19 heavy (non-hydrogen) atoms. The van der Waals surface area contributed by atoms with Gasteiger partial charge in [-0.05, 0) is 12.1 Å². The fourth-order valence-corrected chi connectivity index (χ4v) is 1.95. The van der Waals surface area contributed by atoms with Crippen LogP contribution in [0.5, 0.6) is 0 Å². The van der Waals surface area contributed by atoms with Crippen LogP contribution in [0.3, 0.4) is 0 Å². The van der Waals surface area contributed by atoms with E-state index in [0.29, 0.717) is 22.7 Å². The molecule has 7 heteroatoms. The number of imidazole rings is 1. The Morgan fingerprint density at radius 1 is 1.16 bits per heavy atom. The maximum Gasteiger partial charge on any atom is 0.332 e. The summed E-state index contributed by atoms with van der Waals surface area (Å²) in [5.41, 5.74) is 0.441. The van der Waals surface area contributed by atoms with Gasteiger partial charge in [-0.1, -0.05) is 6.07 Å². The lowest BCUT2D eigenvalue weighted by atomic mass is 10.3. The molecule has 0 atom stereocenters. The molecule has 1 N–H and O–H groups in total. The minimum Gasteiger partial charge on any atom is -0.331 e. The van der Waals surface area contributed by atoms with Gasteiger partial charge in [-0.3, -0.25) is 18.9 Å². The van der Waals surface area contributed by atoms with Crippen LogP contribution in [0.25, 0.3) is 22.7 Å². The first-order valence-electron chi connectivity index (χ1n) is 5.66. The van der Waals surface area contributed by atoms with Gasteiger partial charge in [-0.2, -0.15) is 0 Å². The number of pyridine rings is 1. The third-order valence-corrected chi connectivity index (χ3v) is 3.00. The summed E-state index contributed by atoms with van der Waals surface area (Å²) in [4.78, 5) is 35.2. The van der Waals surface area contributed by atoms with E-state index in [9.17, 15) is 9.59 Å². The summed E-state index contributed by atoms with van der Waals surface area (Å²) >= 11 is 0. The number of nitrogens with one attached hydrogen (secondary N) is 1. The van der Waals surface area contributed by atoms with E-state index in [2.05, 4.69) is 15.0 Å². The standard InChI is InChI=1S/C12H11N5O2/c1-16-10-8(11(18)17(2)12(16)19)14-9(15-10)7-5-3-4-6-13-7/h3-6H,1-2H3,(H,14,15). The minimum atomic E-state index is -0.406. The molecule has 3 rings (SSSR count). The van der Waals surface area contributed by atoms with Gasteiger partial charge in [0.25, 0.3) is 5.56 Å². The fraction of sp³-hybridized carbons (Fsp3) is 0.167. The van der Waals surface area contributed by atoms with Crippen LogP contribution in [0.1, 0.15) is 0 Å². The SMILES string of the molecule is Cn1c(=O)c2[nH]c(-c3ccccn3)nc2n(C)c1=O. The first kappa shape index (κ1) is 11.4. The van der Waals surface area contributed by atoms with Gasteiger partial charge in [0.05, 0.1) is 0 Å². The molecule has 0 spiro atoms. The molecule has 0 aromatic carbocycles. The van der Waals surface area contributed by atoms with Crippen LogP contribution >= 0.6 is 0 Å². The molecule has 0 aliphatic rings. The van der Waals surface area contributed by atoms with Crippen LogP contribution in [0.4, 0.5) is 0 Å².